The van der Waals surface area contributed by atoms with Crippen LogP contribution in [0, 0.1) is 0 Å². The topological polar surface area (TPSA) is 69.3 Å². The predicted octanol–water partition coefficient (Wildman–Crippen LogP) is 4.75. The minimum atomic E-state index is -0.639. The van der Waals surface area contributed by atoms with E-state index in [2.05, 4.69) is 12.2 Å². The smallest absolute Gasteiger partial charge is 0.345 e. The highest BCUT2D eigenvalue weighted by Crippen LogP contribution is 2.43. The molecule has 0 fully saturated rings. The van der Waals surface area contributed by atoms with Crippen molar-refractivity contribution in [3.8, 4) is 17.2 Å². The second-order valence-corrected chi connectivity index (χ2v) is 6.98. The molecule has 0 saturated carbocycles. The van der Waals surface area contributed by atoms with Crippen molar-refractivity contribution in [2.24, 2.45) is 0 Å². The molecule has 2 amide bonds. The Morgan fingerprint density at radius 1 is 1.18 bits per heavy atom. The zero-order chi connectivity index (χ0) is 20.3. The number of hydrogen-bond donors (Lipinski definition) is 1. The van der Waals surface area contributed by atoms with Crippen molar-refractivity contribution >= 4 is 11.7 Å². The van der Waals surface area contributed by atoms with Gasteiger partial charge < -0.3 is 19.5 Å². The third kappa shape index (κ3) is 4.37. The van der Waals surface area contributed by atoms with Crippen molar-refractivity contribution in [1.29, 1.82) is 0 Å². The van der Waals surface area contributed by atoms with Crippen molar-refractivity contribution in [1.82, 2.24) is 5.06 Å². The predicted molar refractivity (Wildman–Crippen MR) is 106 cm³/mol. The van der Waals surface area contributed by atoms with E-state index in [1.165, 1.54) is 14.2 Å². The molecule has 1 aliphatic heterocycles. The lowest BCUT2D eigenvalue weighted by Gasteiger charge is -2.37. The van der Waals surface area contributed by atoms with E-state index in [4.69, 9.17) is 19.0 Å². The number of amides is 2. The van der Waals surface area contributed by atoms with Crippen LogP contribution >= 0.6 is 0 Å². The number of hydrogen-bond acceptors (Lipinski definition) is 5. The van der Waals surface area contributed by atoms with E-state index in [9.17, 15) is 4.79 Å². The number of hydroxylamine groups is 2. The highest BCUT2D eigenvalue weighted by molar-refractivity contribution is 5.88. The molecule has 0 aromatic heterocycles. The first-order valence-corrected chi connectivity index (χ1v) is 9.08. The van der Waals surface area contributed by atoms with Crippen molar-refractivity contribution in [2.75, 3.05) is 26.6 Å². The molecule has 2 atom stereocenters. The summed E-state index contributed by atoms with van der Waals surface area (Å²) in [6, 6.07) is 12.6. The van der Waals surface area contributed by atoms with Gasteiger partial charge in [0.15, 0.2) is 0 Å². The highest BCUT2D eigenvalue weighted by Gasteiger charge is 2.35. The Balaban J connectivity index is 1.71. The summed E-state index contributed by atoms with van der Waals surface area (Å²) in [4.78, 5) is 16.6. The Labute approximate surface area is 165 Å². The third-order valence-electron chi connectivity index (χ3n) is 4.85. The fraction of sp³-hybridized carbons (Fsp3) is 0.381. The van der Waals surface area contributed by atoms with Gasteiger partial charge in [0.2, 0.25) is 5.79 Å². The molecule has 7 heteroatoms. The molecule has 3 rings (SSSR count). The Kier molecular flexibility index (Phi) is 5.76. The van der Waals surface area contributed by atoms with Gasteiger partial charge in [-0.25, -0.2) is 9.86 Å². The Bertz CT molecular complexity index is 839. The molecule has 0 saturated heterocycles. The van der Waals surface area contributed by atoms with Gasteiger partial charge in [0.05, 0.1) is 7.11 Å². The zero-order valence-electron chi connectivity index (χ0n) is 16.8. The lowest BCUT2D eigenvalue weighted by atomic mass is 9.90. The summed E-state index contributed by atoms with van der Waals surface area (Å²) < 4.78 is 17.5. The molecule has 0 spiro atoms. The summed E-state index contributed by atoms with van der Waals surface area (Å²) in [5, 5.41) is 3.82. The van der Waals surface area contributed by atoms with E-state index in [1.54, 1.807) is 31.4 Å². The number of benzene rings is 2. The van der Waals surface area contributed by atoms with Crippen molar-refractivity contribution < 1.29 is 23.8 Å². The van der Waals surface area contributed by atoms with Gasteiger partial charge in [0, 0.05) is 39.3 Å². The monoisotopic (exact) mass is 386 g/mol. The average molecular weight is 386 g/mol. The second-order valence-electron chi connectivity index (χ2n) is 6.98. The molecule has 2 aromatic rings. The number of carbonyl (C=O) groups is 1. The van der Waals surface area contributed by atoms with Gasteiger partial charge in [0.1, 0.15) is 17.2 Å². The van der Waals surface area contributed by atoms with Gasteiger partial charge in [0.25, 0.3) is 0 Å². The molecular weight excluding hydrogens is 360 g/mol. The normalized spacial score (nSPS) is 20.7. The van der Waals surface area contributed by atoms with E-state index in [1.807, 2.05) is 25.1 Å². The molecule has 1 N–H and O–H groups in total. The lowest BCUT2D eigenvalue weighted by molar-refractivity contribution is -0.164. The summed E-state index contributed by atoms with van der Waals surface area (Å²) in [6.45, 7) is 4.10. The van der Waals surface area contributed by atoms with Crippen LogP contribution < -0.4 is 14.8 Å². The molecule has 28 heavy (non-hydrogen) atoms. The van der Waals surface area contributed by atoms with Crippen LogP contribution in [0.1, 0.15) is 31.7 Å². The first-order chi connectivity index (χ1) is 13.3. The second kappa shape index (κ2) is 8.08. The number of methoxy groups -OCH3 is 1. The maximum atomic E-state index is 11.8. The summed E-state index contributed by atoms with van der Waals surface area (Å²) >= 11 is 0. The van der Waals surface area contributed by atoms with Crippen LogP contribution in [0.3, 0.4) is 0 Å². The van der Waals surface area contributed by atoms with E-state index in [-0.39, 0.29) is 6.03 Å². The standard InChI is InChI=1S/C21H26N2O5/c1-14-13-21(2,25-4)28-19-12-17(10-11-18(14)19)27-16-8-6-15(7-9-16)22-20(24)23(3)26-5/h6-12,14H,13H2,1-5H3,(H,22,24). The Hall–Kier alpha value is -2.77. The Morgan fingerprint density at radius 2 is 1.86 bits per heavy atom. The van der Waals surface area contributed by atoms with Gasteiger partial charge in [-0.1, -0.05) is 13.0 Å². The van der Waals surface area contributed by atoms with Crippen LogP contribution in [0.4, 0.5) is 10.5 Å². The molecule has 2 aromatic carbocycles. The van der Waals surface area contributed by atoms with Crippen molar-refractivity contribution in [2.45, 2.75) is 32.0 Å². The molecule has 0 bridgehead atoms. The number of rotatable bonds is 5. The average Bonchev–Trinajstić information content (AvgIpc) is 2.68. The molecule has 1 aliphatic rings. The number of fused-ring (bicyclic) bond motifs is 1. The van der Waals surface area contributed by atoms with Crippen LogP contribution in [0.2, 0.25) is 0 Å². The Morgan fingerprint density at radius 3 is 2.50 bits per heavy atom. The quantitative estimate of drug-likeness (QED) is 0.751. The first kappa shape index (κ1) is 20.0. The largest absolute Gasteiger partial charge is 0.462 e. The number of ether oxygens (including phenoxy) is 3. The lowest BCUT2D eigenvalue weighted by Crippen LogP contribution is -2.39. The maximum Gasteiger partial charge on any atom is 0.345 e. The van der Waals surface area contributed by atoms with Crippen LogP contribution in [0.15, 0.2) is 42.5 Å². The SMILES string of the molecule is CON(C)C(=O)Nc1ccc(Oc2ccc3c(c2)OC(C)(OC)CC3C)cc1. The van der Waals surface area contributed by atoms with Crippen molar-refractivity contribution in [3.05, 3.63) is 48.0 Å². The molecule has 0 radical (unpaired) electrons. The van der Waals surface area contributed by atoms with Gasteiger partial charge in [-0.3, -0.25) is 4.84 Å². The fourth-order valence-corrected chi connectivity index (χ4v) is 3.17. The first-order valence-electron chi connectivity index (χ1n) is 9.08. The zero-order valence-corrected chi connectivity index (χ0v) is 16.8. The molecule has 1 heterocycles. The molecule has 2 unspecified atom stereocenters. The van der Waals surface area contributed by atoms with Gasteiger partial charge >= 0.3 is 6.03 Å². The van der Waals surface area contributed by atoms with E-state index >= 15 is 0 Å². The van der Waals surface area contributed by atoms with Gasteiger partial charge in [-0.15, -0.1) is 0 Å². The van der Waals surface area contributed by atoms with E-state index < -0.39 is 5.79 Å². The molecule has 7 nitrogen and oxygen atoms in total. The summed E-state index contributed by atoms with van der Waals surface area (Å²) in [5.74, 6) is 1.78. The summed E-state index contributed by atoms with van der Waals surface area (Å²) in [5.41, 5.74) is 1.78. The number of anilines is 1. The van der Waals surface area contributed by atoms with E-state index in [0.29, 0.717) is 23.1 Å². The fourth-order valence-electron chi connectivity index (χ4n) is 3.17. The van der Waals surface area contributed by atoms with Crippen LogP contribution in [0.25, 0.3) is 0 Å². The molecular formula is C21H26N2O5. The summed E-state index contributed by atoms with van der Waals surface area (Å²) in [6.07, 6.45) is 0.794. The van der Waals surface area contributed by atoms with Crippen LogP contribution in [0.5, 0.6) is 17.2 Å². The van der Waals surface area contributed by atoms with Crippen LogP contribution in [-0.4, -0.2) is 38.1 Å². The number of nitrogens with zero attached hydrogens (tertiary/aromatic N) is 1. The number of carbonyl (C=O) groups excluding carboxylic acids is 1. The van der Waals surface area contributed by atoms with Gasteiger partial charge in [-0.2, -0.15) is 0 Å². The minimum absolute atomic E-state index is 0.330. The number of nitrogens with one attached hydrogen (secondary N) is 1. The third-order valence-corrected chi connectivity index (χ3v) is 4.85. The number of urea groups is 1. The van der Waals surface area contributed by atoms with E-state index in [0.717, 1.165) is 22.8 Å². The van der Waals surface area contributed by atoms with Gasteiger partial charge in [-0.05, 0) is 41.8 Å². The van der Waals surface area contributed by atoms with Crippen LogP contribution in [-0.2, 0) is 9.57 Å². The minimum Gasteiger partial charge on any atom is -0.462 e. The molecule has 150 valence electrons. The summed E-state index contributed by atoms with van der Waals surface area (Å²) in [7, 11) is 4.61. The maximum absolute atomic E-state index is 11.8. The van der Waals surface area contributed by atoms with Crippen molar-refractivity contribution in [3.63, 3.8) is 0 Å². The molecule has 0 aliphatic carbocycles. The highest BCUT2D eigenvalue weighted by atomic mass is 16.7.